The van der Waals surface area contributed by atoms with Crippen LogP contribution in [0.5, 0.6) is 0 Å². The van der Waals surface area contributed by atoms with Gasteiger partial charge in [-0.1, -0.05) is 32.9 Å². The van der Waals surface area contributed by atoms with Gasteiger partial charge in [-0.15, -0.1) is 0 Å². The Bertz CT molecular complexity index is 696. The number of fused-ring (bicyclic) bond motifs is 1. The van der Waals surface area contributed by atoms with Crippen LogP contribution in [-0.4, -0.2) is 48.1 Å². The average molecular weight is 423 g/mol. The molecule has 5 atom stereocenters. The predicted molar refractivity (Wildman–Crippen MR) is 114 cm³/mol. The molecular weight excluding hydrogens is 384 g/mol. The monoisotopic (exact) mass is 422 g/mol. The standard InChI is InChI=1S/C24H38O6/c1-16-13-22(30-18(3)28)24(5)20(15-29-17(2)27)7-6-8-21(24)23(16,4)11-9-19(14-26)10-12-25/h7,10,16,21-22,25-26H,6,8-9,11-15H2,1-5H3/b19-10+/t16-,21-,22-,23+,24+/m1/s1. The molecule has 0 bridgehead atoms. The number of allylic oxidation sites excluding steroid dienone is 1. The molecule has 30 heavy (non-hydrogen) atoms. The molecule has 2 N–H and O–H groups in total. The van der Waals surface area contributed by atoms with Crippen molar-refractivity contribution in [2.45, 2.75) is 72.8 Å². The molecule has 2 rings (SSSR count). The maximum atomic E-state index is 11.9. The number of aliphatic hydroxyl groups excluding tert-OH is 2. The molecular formula is C24H38O6. The summed E-state index contributed by atoms with van der Waals surface area (Å²) in [4.78, 5) is 23.4. The van der Waals surface area contributed by atoms with Crippen molar-refractivity contribution in [3.63, 3.8) is 0 Å². The van der Waals surface area contributed by atoms with Crippen LogP contribution in [-0.2, 0) is 19.1 Å². The van der Waals surface area contributed by atoms with Crippen molar-refractivity contribution < 1.29 is 29.3 Å². The molecule has 0 aromatic heterocycles. The highest BCUT2D eigenvalue weighted by Crippen LogP contribution is 2.62. The fourth-order valence-electron chi connectivity index (χ4n) is 5.78. The Hall–Kier alpha value is -1.66. The van der Waals surface area contributed by atoms with Gasteiger partial charge in [-0.2, -0.15) is 0 Å². The van der Waals surface area contributed by atoms with Crippen LogP contribution < -0.4 is 0 Å². The minimum atomic E-state index is -0.416. The molecule has 0 saturated heterocycles. The predicted octanol–water partition coefficient (Wildman–Crippen LogP) is 3.56. The molecule has 0 heterocycles. The largest absolute Gasteiger partial charge is 0.462 e. The van der Waals surface area contributed by atoms with E-state index in [4.69, 9.17) is 9.47 Å². The lowest BCUT2D eigenvalue weighted by atomic mass is 9.45. The zero-order valence-corrected chi connectivity index (χ0v) is 19.1. The number of rotatable bonds is 8. The number of esters is 2. The van der Waals surface area contributed by atoms with Gasteiger partial charge >= 0.3 is 11.9 Å². The normalized spacial score (nSPS) is 34.0. The fourth-order valence-corrected chi connectivity index (χ4v) is 5.78. The Labute approximate surface area is 180 Å². The first kappa shape index (κ1) is 24.6. The highest BCUT2D eigenvalue weighted by Gasteiger charge is 2.59. The molecule has 6 heteroatoms. The average Bonchev–Trinajstić information content (AvgIpc) is 2.68. The quantitative estimate of drug-likeness (QED) is 0.459. The molecule has 2 aliphatic rings. The molecule has 0 aromatic rings. The van der Waals surface area contributed by atoms with Crippen molar-refractivity contribution in [2.75, 3.05) is 19.8 Å². The van der Waals surface area contributed by atoms with Crippen molar-refractivity contribution in [2.24, 2.45) is 22.7 Å². The first-order valence-corrected chi connectivity index (χ1v) is 11.0. The molecule has 1 saturated carbocycles. The molecule has 0 radical (unpaired) electrons. The number of ether oxygens (including phenoxy) is 2. The van der Waals surface area contributed by atoms with Crippen LogP contribution in [0.1, 0.15) is 66.7 Å². The lowest BCUT2D eigenvalue weighted by Crippen LogP contribution is -2.58. The summed E-state index contributed by atoms with van der Waals surface area (Å²) in [5, 5.41) is 18.9. The van der Waals surface area contributed by atoms with Crippen LogP contribution in [0.25, 0.3) is 0 Å². The Morgan fingerprint density at radius 1 is 1.23 bits per heavy atom. The van der Waals surface area contributed by atoms with Gasteiger partial charge in [0, 0.05) is 19.3 Å². The van der Waals surface area contributed by atoms with Gasteiger partial charge in [0.15, 0.2) is 0 Å². The molecule has 0 amide bonds. The second kappa shape index (κ2) is 10.1. The Morgan fingerprint density at radius 3 is 2.50 bits per heavy atom. The van der Waals surface area contributed by atoms with Crippen LogP contribution >= 0.6 is 0 Å². The second-order valence-electron chi connectivity index (χ2n) is 9.37. The Balaban J connectivity index is 2.41. The summed E-state index contributed by atoms with van der Waals surface area (Å²) in [7, 11) is 0. The highest BCUT2D eigenvalue weighted by atomic mass is 16.5. The zero-order valence-electron chi connectivity index (χ0n) is 19.1. The molecule has 0 aromatic carbocycles. The Morgan fingerprint density at radius 2 is 1.93 bits per heavy atom. The molecule has 0 unspecified atom stereocenters. The number of hydrogen-bond acceptors (Lipinski definition) is 6. The summed E-state index contributed by atoms with van der Waals surface area (Å²) in [6.07, 6.45) is 7.75. The third-order valence-corrected chi connectivity index (χ3v) is 7.73. The molecule has 0 aliphatic heterocycles. The third kappa shape index (κ3) is 4.97. The van der Waals surface area contributed by atoms with E-state index >= 15 is 0 Å². The lowest BCUT2D eigenvalue weighted by molar-refractivity contribution is -0.176. The zero-order chi connectivity index (χ0) is 22.5. The van der Waals surface area contributed by atoms with Gasteiger partial charge in [0.05, 0.1) is 13.2 Å². The minimum Gasteiger partial charge on any atom is -0.462 e. The van der Waals surface area contributed by atoms with Gasteiger partial charge in [-0.25, -0.2) is 0 Å². The van der Waals surface area contributed by atoms with E-state index in [1.807, 2.05) is 0 Å². The molecule has 0 spiro atoms. The third-order valence-electron chi connectivity index (χ3n) is 7.73. The van der Waals surface area contributed by atoms with E-state index in [0.29, 0.717) is 12.3 Å². The van der Waals surface area contributed by atoms with Gasteiger partial charge in [0.2, 0.25) is 0 Å². The van der Waals surface area contributed by atoms with E-state index < -0.39 is 5.41 Å². The van der Waals surface area contributed by atoms with Crippen molar-refractivity contribution in [1.82, 2.24) is 0 Å². The van der Waals surface area contributed by atoms with Crippen LogP contribution in [0, 0.1) is 22.7 Å². The van der Waals surface area contributed by atoms with E-state index in [0.717, 1.165) is 36.8 Å². The fraction of sp³-hybridized carbons (Fsp3) is 0.750. The van der Waals surface area contributed by atoms with Gasteiger partial charge < -0.3 is 19.7 Å². The summed E-state index contributed by atoms with van der Waals surface area (Å²) in [5.74, 6) is -0.0641. The first-order valence-electron chi connectivity index (χ1n) is 11.0. The summed E-state index contributed by atoms with van der Waals surface area (Å²) < 4.78 is 11.2. The van der Waals surface area contributed by atoms with Crippen molar-refractivity contribution in [1.29, 1.82) is 0 Å². The van der Waals surface area contributed by atoms with Crippen molar-refractivity contribution in [3.05, 3.63) is 23.3 Å². The maximum absolute atomic E-state index is 11.9. The summed E-state index contributed by atoms with van der Waals surface area (Å²) >= 11 is 0. The van der Waals surface area contributed by atoms with Gasteiger partial charge in [-0.05, 0) is 60.5 Å². The maximum Gasteiger partial charge on any atom is 0.302 e. The number of carbonyl (C=O) groups excluding carboxylic acids is 2. The van der Waals surface area contributed by atoms with Crippen LogP contribution in [0.2, 0.25) is 0 Å². The summed E-state index contributed by atoms with van der Waals surface area (Å²) in [5.41, 5.74) is 1.42. The molecule has 1 fully saturated rings. The summed E-state index contributed by atoms with van der Waals surface area (Å²) in [6, 6.07) is 0. The smallest absolute Gasteiger partial charge is 0.302 e. The van der Waals surface area contributed by atoms with E-state index in [-0.39, 0.29) is 49.2 Å². The SMILES string of the molecule is CC(=O)OCC1=CCC[C@@H]2[C@@](C)(CC/C(=C\CO)CO)[C@H](C)C[C@@H](OC(C)=O)[C@@]12C. The molecule has 6 nitrogen and oxygen atoms in total. The first-order chi connectivity index (χ1) is 14.1. The van der Waals surface area contributed by atoms with Crippen molar-refractivity contribution >= 4 is 11.9 Å². The van der Waals surface area contributed by atoms with E-state index in [1.165, 1.54) is 13.8 Å². The number of hydrogen-bond donors (Lipinski definition) is 2. The number of carbonyl (C=O) groups is 2. The molecule has 170 valence electrons. The van der Waals surface area contributed by atoms with Crippen molar-refractivity contribution in [3.8, 4) is 0 Å². The van der Waals surface area contributed by atoms with E-state index in [9.17, 15) is 19.8 Å². The van der Waals surface area contributed by atoms with Gasteiger partial charge in [-0.3, -0.25) is 9.59 Å². The lowest BCUT2D eigenvalue weighted by Gasteiger charge is -2.60. The minimum absolute atomic E-state index is 0.0507. The van der Waals surface area contributed by atoms with Crippen LogP contribution in [0.15, 0.2) is 23.3 Å². The van der Waals surface area contributed by atoms with Gasteiger partial charge in [0.1, 0.15) is 12.7 Å². The van der Waals surface area contributed by atoms with Crippen LogP contribution in [0.3, 0.4) is 0 Å². The topological polar surface area (TPSA) is 93.1 Å². The van der Waals surface area contributed by atoms with Gasteiger partial charge in [0.25, 0.3) is 0 Å². The second-order valence-corrected chi connectivity index (χ2v) is 9.37. The Kier molecular flexibility index (Phi) is 8.28. The van der Waals surface area contributed by atoms with E-state index in [1.54, 1.807) is 6.08 Å². The molecule has 2 aliphatic carbocycles. The van der Waals surface area contributed by atoms with E-state index in [2.05, 4.69) is 26.8 Å². The number of aliphatic hydroxyl groups is 2. The van der Waals surface area contributed by atoms with Crippen LogP contribution in [0.4, 0.5) is 0 Å². The summed E-state index contributed by atoms with van der Waals surface area (Å²) in [6.45, 7) is 9.61. The highest BCUT2D eigenvalue weighted by molar-refractivity contribution is 5.67.